The van der Waals surface area contributed by atoms with Crippen LogP contribution in [0.15, 0.2) is 67.0 Å². The van der Waals surface area contributed by atoms with E-state index in [0.29, 0.717) is 11.5 Å². The summed E-state index contributed by atoms with van der Waals surface area (Å²) in [6.45, 7) is 5.00. The third kappa shape index (κ3) is 5.44. The Morgan fingerprint density at radius 3 is 2.52 bits per heavy atom. The first-order chi connectivity index (χ1) is 15.2. The number of amides is 1. The van der Waals surface area contributed by atoms with Crippen LogP contribution in [0.4, 0.5) is 0 Å². The molecule has 0 bridgehead atoms. The lowest BCUT2D eigenvalue weighted by atomic mass is 10.2. The van der Waals surface area contributed by atoms with Gasteiger partial charge in [0.15, 0.2) is 6.61 Å². The van der Waals surface area contributed by atoms with Crippen LogP contribution < -0.4 is 9.47 Å². The van der Waals surface area contributed by atoms with Crippen molar-refractivity contribution in [1.82, 2.24) is 19.4 Å². The summed E-state index contributed by atoms with van der Waals surface area (Å²) in [5.74, 6) is 2.36. The van der Waals surface area contributed by atoms with Crippen molar-refractivity contribution in [2.75, 3.05) is 46.4 Å². The van der Waals surface area contributed by atoms with E-state index in [-0.39, 0.29) is 12.5 Å². The second kappa shape index (κ2) is 10.1. The lowest BCUT2D eigenvalue weighted by molar-refractivity contribution is -0.135. The number of ether oxygens (including phenoxy) is 2. The van der Waals surface area contributed by atoms with Gasteiger partial charge in [-0.05, 0) is 12.1 Å². The zero-order valence-electron chi connectivity index (χ0n) is 17.8. The molecule has 1 aliphatic heterocycles. The Hall–Kier alpha value is -3.32. The van der Waals surface area contributed by atoms with Crippen molar-refractivity contribution in [3.8, 4) is 22.9 Å². The third-order valence-electron chi connectivity index (χ3n) is 5.53. The maximum Gasteiger partial charge on any atom is 0.260 e. The maximum atomic E-state index is 12.5. The van der Waals surface area contributed by atoms with E-state index in [4.69, 9.17) is 9.47 Å². The topological polar surface area (TPSA) is 59.8 Å². The molecule has 7 nitrogen and oxygen atoms in total. The minimum Gasteiger partial charge on any atom is -0.497 e. The van der Waals surface area contributed by atoms with E-state index >= 15 is 0 Å². The molecule has 0 aliphatic carbocycles. The SMILES string of the molecule is COc1cccc(OCC(=O)N2CCN(CCn3ccnc3-c3ccccc3)CC2)c1. The quantitative estimate of drug-likeness (QED) is 0.561. The maximum absolute atomic E-state index is 12.5. The van der Waals surface area contributed by atoms with E-state index in [1.165, 1.54) is 0 Å². The highest BCUT2D eigenvalue weighted by Crippen LogP contribution is 2.19. The van der Waals surface area contributed by atoms with Gasteiger partial charge in [-0.1, -0.05) is 36.4 Å². The molecule has 0 saturated carbocycles. The van der Waals surface area contributed by atoms with E-state index in [1.54, 1.807) is 13.2 Å². The second-order valence-electron chi connectivity index (χ2n) is 7.50. The highest BCUT2D eigenvalue weighted by Gasteiger charge is 2.21. The third-order valence-corrected chi connectivity index (χ3v) is 5.53. The number of benzene rings is 2. The molecule has 0 radical (unpaired) electrons. The van der Waals surface area contributed by atoms with Crippen molar-refractivity contribution >= 4 is 5.91 Å². The van der Waals surface area contributed by atoms with E-state index in [0.717, 1.165) is 50.7 Å². The monoisotopic (exact) mass is 420 g/mol. The van der Waals surface area contributed by atoms with Gasteiger partial charge < -0.3 is 18.9 Å². The van der Waals surface area contributed by atoms with Gasteiger partial charge in [-0.25, -0.2) is 4.98 Å². The molecule has 1 aromatic heterocycles. The van der Waals surface area contributed by atoms with Gasteiger partial charge in [-0.15, -0.1) is 0 Å². The number of carbonyl (C=O) groups is 1. The number of nitrogens with zero attached hydrogens (tertiary/aromatic N) is 4. The predicted octanol–water partition coefficient (Wildman–Crippen LogP) is 2.78. The number of imidazole rings is 1. The predicted molar refractivity (Wildman–Crippen MR) is 119 cm³/mol. The molecule has 7 heteroatoms. The average molecular weight is 421 g/mol. The van der Waals surface area contributed by atoms with Gasteiger partial charge in [-0.2, -0.15) is 0 Å². The number of rotatable bonds is 8. The van der Waals surface area contributed by atoms with Crippen LogP contribution in [-0.2, 0) is 11.3 Å². The first-order valence-electron chi connectivity index (χ1n) is 10.6. The molecular formula is C24H28N4O3. The molecule has 31 heavy (non-hydrogen) atoms. The lowest BCUT2D eigenvalue weighted by Crippen LogP contribution is -2.50. The van der Waals surface area contributed by atoms with Crippen LogP contribution in [0, 0.1) is 0 Å². The lowest BCUT2D eigenvalue weighted by Gasteiger charge is -2.34. The molecule has 1 fully saturated rings. The van der Waals surface area contributed by atoms with Crippen molar-refractivity contribution < 1.29 is 14.3 Å². The van der Waals surface area contributed by atoms with Crippen LogP contribution in [0.1, 0.15) is 0 Å². The summed E-state index contributed by atoms with van der Waals surface area (Å²) in [5, 5.41) is 0. The molecule has 0 atom stereocenters. The van der Waals surface area contributed by atoms with Crippen LogP contribution in [0.3, 0.4) is 0 Å². The average Bonchev–Trinajstić information content (AvgIpc) is 3.31. The number of carbonyl (C=O) groups excluding carboxylic acids is 1. The Kier molecular flexibility index (Phi) is 6.84. The molecule has 2 heterocycles. The fourth-order valence-electron chi connectivity index (χ4n) is 3.73. The zero-order valence-corrected chi connectivity index (χ0v) is 17.8. The Balaban J connectivity index is 1.22. The summed E-state index contributed by atoms with van der Waals surface area (Å²) < 4.78 is 13.0. The molecule has 3 aromatic rings. The summed E-state index contributed by atoms with van der Waals surface area (Å²) in [6, 6.07) is 17.5. The van der Waals surface area contributed by atoms with Gasteiger partial charge in [0, 0.05) is 63.3 Å². The summed E-state index contributed by atoms with van der Waals surface area (Å²) in [5.41, 5.74) is 1.12. The largest absolute Gasteiger partial charge is 0.497 e. The van der Waals surface area contributed by atoms with Gasteiger partial charge in [0.1, 0.15) is 17.3 Å². The van der Waals surface area contributed by atoms with Crippen LogP contribution in [0.5, 0.6) is 11.5 Å². The molecular weight excluding hydrogens is 392 g/mol. The summed E-state index contributed by atoms with van der Waals surface area (Å²) >= 11 is 0. The van der Waals surface area contributed by atoms with Crippen molar-refractivity contribution in [3.05, 3.63) is 67.0 Å². The Bertz CT molecular complexity index is 981. The van der Waals surface area contributed by atoms with E-state index in [9.17, 15) is 4.79 Å². The van der Waals surface area contributed by atoms with Crippen LogP contribution >= 0.6 is 0 Å². The highest BCUT2D eigenvalue weighted by atomic mass is 16.5. The highest BCUT2D eigenvalue weighted by molar-refractivity contribution is 5.77. The minimum absolute atomic E-state index is 0.0171. The molecule has 0 unspecified atom stereocenters. The van der Waals surface area contributed by atoms with Crippen LogP contribution in [0.2, 0.25) is 0 Å². The van der Waals surface area contributed by atoms with Crippen molar-refractivity contribution in [2.45, 2.75) is 6.54 Å². The smallest absolute Gasteiger partial charge is 0.260 e. The number of aromatic nitrogens is 2. The van der Waals surface area contributed by atoms with Crippen molar-refractivity contribution in [3.63, 3.8) is 0 Å². The number of piperazine rings is 1. The van der Waals surface area contributed by atoms with E-state index in [1.807, 2.05) is 53.7 Å². The van der Waals surface area contributed by atoms with E-state index < -0.39 is 0 Å². The summed E-state index contributed by atoms with van der Waals surface area (Å²) in [4.78, 5) is 21.3. The van der Waals surface area contributed by atoms with Gasteiger partial charge in [-0.3, -0.25) is 9.69 Å². The van der Waals surface area contributed by atoms with Gasteiger partial charge >= 0.3 is 0 Å². The molecule has 1 amide bonds. The second-order valence-corrected chi connectivity index (χ2v) is 7.50. The Labute approximate surface area is 182 Å². The molecule has 1 saturated heterocycles. The van der Waals surface area contributed by atoms with Gasteiger partial charge in [0.25, 0.3) is 5.91 Å². The first-order valence-corrected chi connectivity index (χ1v) is 10.6. The fourth-order valence-corrected chi connectivity index (χ4v) is 3.73. The number of methoxy groups -OCH3 is 1. The molecule has 1 aliphatic rings. The van der Waals surface area contributed by atoms with Gasteiger partial charge in [0.05, 0.1) is 7.11 Å². The standard InChI is InChI=1S/C24H28N4O3/c1-30-21-8-5-9-22(18-21)31-19-23(29)27-15-12-26(13-16-27)14-17-28-11-10-25-24(28)20-6-3-2-4-7-20/h2-11,18H,12-17,19H2,1H3. The number of hydrogen-bond acceptors (Lipinski definition) is 5. The van der Waals surface area contributed by atoms with Crippen LogP contribution in [-0.4, -0.2) is 71.7 Å². The summed E-state index contributed by atoms with van der Waals surface area (Å²) in [6.07, 6.45) is 3.87. The minimum atomic E-state index is 0.0171. The molecule has 0 N–H and O–H groups in total. The molecule has 4 rings (SSSR count). The Morgan fingerprint density at radius 2 is 1.74 bits per heavy atom. The van der Waals surface area contributed by atoms with Crippen molar-refractivity contribution in [1.29, 1.82) is 0 Å². The summed E-state index contributed by atoms with van der Waals surface area (Å²) in [7, 11) is 1.61. The van der Waals surface area contributed by atoms with Crippen LogP contribution in [0.25, 0.3) is 11.4 Å². The van der Waals surface area contributed by atoms with E-state index in [2.05, 4.69) is 26.6 Å². The molecule has 2 aromatic carbocycles. The van der Waals surface area contributed by atoms with Gasteiger partial charge in [0.2, 0.25) is 0 Å². The first kappa shape index (κ1) is 20.9. The van der Waals surface area contributed by atoms with Crippen molar-refractivity contribution in [2.24, 2.45) is 0 Å². The molecule has 0 spiro atoms. The molecule has 162 valence electrons. The normalized spacial score (nSPS) is 14.4. The zero-order chi connectivity index (χ0) is 21.5. The Morgan fingerprint density at radius 1 is 0.968 bits per heavy atom. The fraction of sp³-hybridized carbons (Fsp3) is 0.333. The number of hydrogen-bond donors (Lipinski definition) is 0.